The van der Waals surface area contributed by atoms with Gasteiger partial charge in [0.25, 0.3) is 0 Å². The van der Waals surface area contributed by atoms with Crippen LogP contribution in [0, 0.1) is 23.3 Å². The molecule has 0 bridgehead atoms. The fourth-order valence-electron chi connectivity index (χ4n) is 2.85. The number of phenols is 2. The van der Waals surface area contributed by atoms with Crippen molar-refractivity contribution in [1.29, 1.82) is 0 Å². The maximum atomic E-state index is 13.7. The third-order valence-corrected chi connectivity index (χ3v) is 4.11. The van der Waals surface area contributed by atoms with Crippen LogP contribution in [0.1, 0.15) is 16.8 Å². The number of benzene rings is 2. The summed E-state index contributed by atoms with van der Waals surface area (Å²) >= 11 is 0. The van der Waals surface area contributed by atoms with Gasteiger partial charge in [0.05, 0.1) is 5.69 Å². The highest BCUT2D eigenvalue weighted by Crippen LogP contribution is 2.28. The Bertz CT molecular complexity index is 924. The molecule has 0 aliphatic carbocycles. The Hall–Kier alpha value is -3.13. The number of rotatable bonds is 6. The van der Waals surface area contributed by atoms with E-state index in [0.717, 1.165) is 12.1 Å². The summed E-state index contributed by atoms with van der Waals surface area (Å²) in [5.41, 5.74) is 0.477. The first-order valence-electron chi connectivity index (χ1n) is 8.29. The van der Waals surface area contributed by atoms with E-state index in [-0.39, 0.29) is 30.8 Å². The lowest BCUT2D eigenvalue weighted by molar-refractivity contribution is 0.235. The molecule has 0 radical (unpaired) electrons. The lowest BCUT2D eigenvalue weighted by Gasteiger charge is -2.23. The Labute approximate surface area is 158 Å². The zero-order valence-corrected chi connectivity index (χ0v) is 14.5. The van der Waals surface area contributed by atoms with Crippen LogP contribution < -0.4 is 0 Å². The predicted octanol–water partition coefficient (Wildman–Crippen LogP) is 4.25. The van der Waals surface area contributed by atoms with Crippen LogP contribution in [0.15, 0.2) is 48.7 Å². The molecule has 0 amide bonds. The maximum absolute atomic E-state index is 13.7. The molecule has 3 rings (SSSR count). The smallest absolute Gasteiger partial charge is 0.168 e. The Kier molecular flexibility index (Phi) is 5.79. The second-order valence-corrected chi connectivity index (χ2v) is 6.26. The third kappa shape index (κ3) is 4.58. The molecular formula is C20H16F4N2O2. The summed E-state index contributed by atoms with van der Waals surface area (Å²) in [5.74, 6) is -5.42. The van der Waals surface area contributed by atoms with Crippen LogP contribution in [-0.4, -0.2) is 20.1 Å². The second kappa shape index (κ2) is 8.26. The summed E-state index contributed by atoms with van der Waals surface area (Å²) in [6, 6.07) is 8.18. The average molecular weight is 392 g/mol. The first-order valence-corrected chi connectivity index (χ1v) is 8.29. The van der Waals surface area contributed by atoms with E-state index >= 15 is 0 Å². The Morgan fingerprint density at radius 1 is 0.750 bits per heavy atom. The minimum Gasteiger partial charge on any atom is -0.505 e. The molecule has 8 heteroatoms. The van der Waals surface area contributed by atoms with Crippen LogP contribution in [0.5, 0.6) is 11.5 Å². The van der Waals surface area contributed by atoms with Crippen molar-refractivity contribution in [3.8, 4) is 11.5 Å². The van der Waals surface area contributed by atoms with Crippen LogP contribution in [-0.2, 0) is 19.6 Å². The van der Waals surface area contributed by atoms with Crippen molar-refractivity contribution in [3.05, 3.63) is 88.8 Å². The molecule has 0 aliphatic heterocycles. The van der Waals surface area contributed by atoms with Crippen LogP contribution in [0.2, 0.25) is 0 Å². The lowest BCUT2D eigenvalue weighted by atomic mass is 10.1. The molecule has 0 spiro atoms. The van der Waals surface area contributed by atoms with Crippen LogP contribution >= 0.6 is 0 Å². The van der Waals surface area contributed by atoms with E-state index in [2.05, 4.69) is 4.98 Å². The van der Waals surface area contributed by atoms with Gasteiger partial charge < -0.3 is 10.2 Å². The highest BCUT2D eigenvalue weighted by atomic mass is 19.1. The zero-order valence-electron chi connectivity index (χ0n) is 14.5. The number of hydrogen-bond acceptors (Lipinski definition) is 4. The molecule has 0 saturated carbocycles. The summed E-state index contributed by atoms with van der Waals surface area (Å²) in [4.78, 5) is 5.69. The van der Waals surface area contributed by atoms with Gasteiger partial charge in [-0.25, -0.2) is 17.6 Å². The van der Waals surface area contributed by atoms with Crippen molar-refractivity contribution < 1.29 is 27.8 Å². The molecule has 0 aliphatic rings. The van der Waals surface area contributed by atoms with Crippen LogP contribution in [0.4, 0.5) is 17.6 Å². The SMILES string of the molecule is Oc1c(F)cc(F)cc1CN(Cc1ccccn1)Cc1cc(F)cc(F)c1O. The minimum atomic E-state index is -1.12. The number of aromatic hydroxyl groups is 2. The number of nitrogens with zero attached hydrogens (tertiary/aromatic N) is 2. The normalized spacial score (nSPS) is 11.2. The Morgan fingerprint density at radius 2 is 1.29 bits per heavy atom. The molecule has 4 nitrogen and oxygen atoms in total. The van der Waals surface area contributed by atoms with Crippen molar-refractivity contribution in [2.24, 2.45) is 0 Å². The van der Waals surface area contributed by atoms with E-state index in [1.165, 1.54) is 4.90 Å². The van der Waals surface area contributed by atoms with Gasteiger partial charge in [-0.05, 0) is 24.3 Å². The molecule has 0 saturated heterocycles. The standard InChI is InChI=1S/C20H16F4N2O2/c21-14-5-12(19(27)17(23)7-14)9-26(11-16-3-1-2-4-25-16)10-13-6-15(22)8-18(24)20(13)28/h1-8,27-28H,9-11H2. The average Bonchev–Trinajstić information content (AvgIpc) is 2.64. The van der Waals surface area contributed by atoms with Crippen molar-refractivity contribution in [2.75, 3.05) is 0 Å². The van der Waals surface area contributed by atoms with Gasteiger partial charge in [0, 0.05) is 49.1 Å². The third-order valence-electron chi connectivity index (χ3n) is 4.11. The van der Waals surface area contributed by atoms with Gasteiger partial charge in [-0.3, -0.25) is 9.88 Å². The maximum Gasteiger partial charge on any atom is 0.168 e. The molecule has 1 heterocycles. The quantitative estimate of drug-likeness (QED) is 0.616. The minimum absolute atomic E-state index is 0.0511. The number of hydrogen-bond donors (Lipinski definition) is 2. The zero-order chi connectivity index (χ0) is 20.3. The lowest BCUT2D eigenvalue weighted by Crippen LogP contribution is -2.23. The van der Waals surface area contributed by atoms with E-state index in [1.54, 1.807) is 24.4 Å². The van der Waals surface area contributed by atoms with Gasteiger partial charge in [-0.1, -0.05) is 6.07 Å². The fraction of sp³-hybridized carbons (Fsp3) is 0.150. The molecule has 2 aromatic carbocycles. The molecule has 0 unspecified atom stereocenters. The van der Waals surface area contributed by atoms with Crippen LogP contribution in [0.25, 0.3) is 0 Å². The number of aromatic nitrogens is 1. The summed E-state index contributed by atoms with van der Waals surface area (Å²) in [6.07, 6.45) is 1.55. The molecule has 1 aromatic heterocycles. The van der Waals surface area contributed by atoms with Gasteiger partial charge in [0.15, 0.2) is 23.1 Å². The Morgan fingerprint density at radius 3 is 1.75 bits per heavy atom. The summed E-state index contributed by atoms with van der Waals surface area (Å²) in [6.45, 7) is -0.181. The van der Waals surface area contributed by atoms with Gasteiger partial charge in [-0.2, -0.15) is 0 Å². The number of halogens is 4. The number of phenolic OH excluding ortho intramolecular Hbond substituents is 2. The topological polar surface area (TPSA) is 56.6 Å². The molecule has 146 valence electrons. The van der Waals surface area contributed by atoms with E-state index in [4.69, 9.17) is 0 Å². The summed E-state index contributed by atoms with van der Waals surface area (Å²) < 4.78 is 54.4. The van der Waals surface area contributed by atoms with Gasteiger partial charge in [-0.15, -0.1) is 0 Å². The van der Waals surface area contributed by atoms with Crippen molar-refractivity contribution in [2.45, 2.75) is 19.6 Å². The van der Waals surface area contributed by atoms with Gasteiger partial charge >= 0.3 is 0 Å². The largest absolute Gasteiger partial charge is 0.505 e. The molecular weight excluding hydrogens is 376 g/mol. The second-order valence-electron chi connectivity index (χ2n) is 6.26. The predicted molar refractivity (Wildman–Crippen MR) is 93.2 cm³/mol. The van der Waals surface area contributed by atoms with Gasteiger partial charge in [0.1, 0.15) is 11.6 Å². The highest BCUT2D eigenvalue weighted by molar-refractivity contribution is 5.36. The highest BCUT2D eigenvalue weighted by Gasteiger charge is 2.18. The monoisotopic (exact) mass is 392 g/mol. The fourth-order valence-corrected chi connectivity index (χ4v) is 2.85. The Balaban J connectivity index is 1.94. The van der Waals surface area contributed by atoms with Crippen molar-refractivity contribution in [1.82, 2.24) is 9.88 Å². The molecule has 28 heavy (non-hydrogen) atoms. The van der Waals surface area contributed by atoms with E-state index in [9.17, 15) is 27.8 Å². The van der Waals surface area contributed by atoms with Crippen molar-refractivity contribution in [3.63, 3.8) is 0 Å². The molecule has 2 N–H and O–H groups in total. The molecule has 0 atom stereocenters. The first-order chi connectivity index (χ1) is 13.3. The first kappa shape index (κ1) is 19.6. The van der Waals surface area contributed by atoms with Gasteiger partial charge in [0.2, 0.25) is 0 Å². The van der Waals surface area contributed by atoms with Crippen LogP contribution in [0.3, 0.4) is 0 Å². The number of pyridine rings is 1. The van der Waals surface area contributed by atoms with E-state index < -0.39 is 34.8 Å². The van der Waals surface area contributed by atoms with Crippen molar-refractivity contribution >= 4 is 0 Å². The van der Waals surface area contributed by atoms with E-state index in [1.807, 2.05) is 0 Å². The van der Waals surface area contributed by atoms with E-state index in [0.29, 0.717) is 17.8 Å². The summed E-state index contributed by atoms with van der Waals surface area (Å²) in [5, 5.41) is 19.8. The molecule has 0 fully saturated rings. The summed E-state index contributed by atoms with van der Waals surface area (Å²) in [7, 11) is 0. The molecule has 3 aromatic rings.